The first-order valence-electron chi connectivity index (χ1n) is 10.1. The monoisotopic (exact) mass is 368 g/mol. The first kappa shape index (κ1) is 18.4. The van der Waals surface area contributed by atoms with E-state index < -0.39 is 0 Å². The van der Waals surface area contributed by atoms with Crippen LogP contribution < -0.4 is 5.32 Å². The Balaban J connectivity index is 1.31. The Morgan fingerprint density at radius 3 is 2.41 bits per heavy atom. The second-order valence-electron chi connectivity index (χ2n) is 9.59. The van der Waals surface area contributed by atoms with Crippen molar-refractivity contribution in [2.75, 3.05) is 25.0 Å². The second-order valence-corrected chi connectivity index (χ2v) is 9.59. The summed E-state index contributed by atoms with van der Waals surface area (Å²) in [5, 5.41) is 16.8. The van der Waals surface area contributed by atoms with E-state index in [4.69, 9.17) is 0 Å². The van der Waals surface area contributed by atoms with Gasteiger partial charge in [-0.15, -0.1) is 10.2 Å². The molecular formula is C21H32N6. The van der Waals surface area contributed by atoms with Crippen LogP contribution in [0.2, 0.25) is 0 Å². The van der Waals surface area contributed by atoms with E-state index in [2.05, 4.69) is 53.2 Å². The van der Waals surface area contributed by atoms with Crippen molar-refractivity contribution in [1.82, 2.24) is 24.9 Å². The number of nitrogens with one attached hydrogen (secondary N) is 1. The van der Waals surface area contributed by atoms with Gasteiger partial charge in [-0.05, 0) is 42.2 Å². The van der Waals surface area contributed by atoms with E-state index in [1.165, 1.54) is 19.6 Å². The van der Waals surface area contributed by atoms with Gasteiger partial charge >= 0.3 is 0 Å². The molecule has 0 spiro atoms. The third kappa shape index (κ3) is 3.72. The van der Waals surface area contributed by atoms with Crippen LogP contribution in [0.3, 0.4) is 0 Å². The summed E-state index contributed by atoms with van der Waals surface area (Å²) < 4.78 is 1.82. The molecule has 1 unspecified atom stereocenters. The van der Waals surface area contributed by atoms with Gasteiger partial charge in [0.05, 0.1) is 11.4 Å². The normalized spacial score (nSPS) is 26.1. The highest BCUT2D eigenvalue weighted by Gasteiger charge is 2.56. The molecule has 2 fully saturated rings. The quantitative estimate of drug-likeness (QED) is 0.878. The van der Waals surface area contributed by atoms with E-state index >= 15 is 0 Å². The third-order valence-electron chi connectivity index (χ3n) is 6.55. The summed E-state index contributed by atoms with van der Waals surface area (Å²) in [7, 11) is 1.93. The Morgan fingerprint density at radius 2 is 1.89 bits per heavy atom. The Kier molecular flexibility index (Phi) is 4.49. The van der Waals surface area contributed by atoms with Gasteiger partial charge in [-0.1, -0.05) is 27.7 Å². The van der Waals surface area contributed by atoms with Crippen molar-refractivity contribution < 1.29 is 0 Å². The van der Waals surface area contributed by atoms with Crippen LogP contribution in [-0.2, 0) is 7.05 Å². The summed E-state index contributed by atoms with van der Waals surface area (Å²) in [5.41, 5.74) is 3.29. The lowest BCUT2D eigenvalue weighted by Crippen LogP contribution is -2.35. The maximum atomic E-state index is 4.40. The molecule has 27 heavy (non-hydrogen) atoms. The van der Waals surface area contributed by atoms with Crippen LogP contribution in [0.1, 0.15) is 33.4 Å². The zero-order valence-electron chi connectivity index (χ0n) is 17.4. The highest BCUT2D eigenvalue weighted by atomic mass is 15.3. The van der Waals surface area contributed by atoms with Gasteiger partial charge in [0, 0.05) is 44.5 Å². The highest BCUT2D eigenvalue weighted by molar-refractivity contribution is 5.61. The summed E-state index contributed by atoms with van der Waals surface area (Å²) in [6.07, 6.45) is 1.99. The molecular weight excluding hydrogens is 336 g/mol. The van der Waals surface area contributed by atoms with Crippen LogP contribution in [-0.4, -0.2) is 50.6 Å². The minimum absolute atomic E-state index is 0.383. The Hall–Kier alpha value is -1.95. The van der Waals surface area contributed by atoms with Crippen LogP contribution in [0, 0.1) is 30.1 Å². The maximum absolute atomic E-state index is 4.40. The van der Waals surface area contributed by atoms with Crippen molar-refractivity contribution >= 4 is 5.82 Å². The van der Waals surface area contributed by atoms with Crippen molar-refractivity contribution in [3.05, 3.63) is 24.0 Å². The molecule has 0 bridgehead atoms. The molecule has 0 radical (unpaired) electrons. The average molecular weight is 369 g/mol. The molecule has 4 rings (SSSR count). The molecule has 1 aliphatic heterocycles. The summed E-state index contributed by atoms with van der Waals surface area (Å²) >= 11 is 0. The molecule has 0 aromatic carbocycles. The fourth-order valence-electron chi connectivity index (χ4n) is 4.21. The summed E-state index contributed by atoms with van der Waals surface area (Å²) in [5.74, 6) is 3.13. The highest BCUT2D eigenvalue weighted by Crippen LogP contribution is 2.47. The number of hydrogen-bond acceptors (Lipinski definition) is 5. The lowest BCUT2D eigenvalue weighted by atomic mass is 9.82. The average Bonchev–Trinajstić information content (AvgIpc) is 2.93. The van der Waals surface area contributed by atoms with Crippen LogP contribution >= 0.6 is 0 Å². The zero-order chi connectivity index (χ0) is 19.3. The van der Waals surface area contributed by atoms with E-state index in [9.17, 15) is 0 Å². The van der Waals surface area contributed by atoms with E-state index in [0.717, 1.165) is 40.5 Å². The van der Waals surface area contributed by atoms with E-state index in [1.54, 1.807) is 0 Å². The number of piperidine rings is 1. The predicted octanol–water partition coefficient (Wildman–Crippen LogP) is 3.21. The van der Waals surface area contributed by atoms with Crippen molar-refractivity contribution in [3.8, 4) is 11.3 Å². The molecule has 6 nitrogen and oxygen atoms in total. The van der Waals surface area contributed by atoms with Crippen LogP contribution in [0.25, 0.3) is 11.3 Å². The van der Waals surface area contributed by atoms with Gasteiger partial charge in [-0.25, -0.2) is 0 Å². The van der Waals surface area contributed by atoms with Gasteiger partial charge in [0.2, 0.25) is 0 Å². The lowest BCUT2D eigenvalue weighted by Gasteiger charge is -2.32. The number of rotatable bonds is 5. The fraction of sp³-hybridized carbons (Fsp3) is 0.667. The molecule has 4 atom stereocenters. The van der Waals surface area contributed by atoms with E-state index in [0.29, 0.717) is 11.5 Å². The Bertz CT molecular complexity index is 791. The molecule has 3 heterocycles. The smallest absolute Gasteiger partial charge is 0.148 e. The number of aryl methyl sites for hydroxylation is 2. The number of anilines is 1. The minimum Gasteiger partial charge on any atom is -0.365 e. The molecule has 1 saturated carbocycles. The summed E-state index contributed by atoms with van der Waals surface area (Å²) in [4.78, 5) is 2.64. The fourth-order valence-corrected chi connectivity index (χ4v) is 4.21. The van der Waals surface area contributed by atoms with Crippen LogP contribution in [0.4, 0.5) is 5.82 Å². The molecule has 146 valence electrons. The number of aromatic nitrogens is 4. The van der Waals surface area contributed by atoms with Gasteiger partial charge in [0.15, 0.2) is 0 Å². The van der Waals surface area contributed by atoms with Crippen molar-refractivity contribution in [3.63, 3.8) is 0 Å². The SMILES string of the molecule is Cc1nn(C)cc1-c1ccc(N[C@H]2[C@@H]3CN(CC(C)C(C)(C)C)C[C@@H]32)nn1. The summed E-state index contributed by atoms with van der Waals surface area (Å²) in [6.45, 7) is 15.0. The van der Waals surface area contributed by atoms with Gasteiger partial charge in [0.1, 0.15) is 5.82 Å². The molecule has 2 aromatic rings. The van der Waals surface area contributed by atoms with Gasteiger partial charge in [0.25, 0.3) is 0 Å². The lowest BCUT2D eigenvalue weighted by molar-refractivity contribution is 0.171. The maximum Gasteiger partial charge on any atom is 0.148 e. The van der Waals surface area contributed by atoms with Crippen molar-refractivity contribution in [1.29, 1.82) is 0 Å². The van der Waals surface area contributed by atoms with E-state index in [-0.39, 0.29) is 0 Å². The molecule has 2 aliphatic rings. The first-order valence-corrected chi connectivity index (χ1v) is 10.1. The zero-order valence-corrected chi connectivity index (χ0v) is 17.4. The second kappa shape index (κ2) is 6.59. The first-order chi connectivity index (χ1) is 12.7. The minimum atomic E-state index is 0.383. The van der Waals surface area contributed by atoms with Gasteiger partial charge < -0.3 is 10.2 Å². The van der Waals surface area contributed by atoms with Crippen LogP contribution in [0.15, 0.2) is 18.3 Å². The molecule has 1 saturated heterocycles. The number of fused-ring (bicyclic) bond motifs is 1. The van der Waals surface area contributed by atoms with Crippen molar-refractivity contribution in [2.45, 2.75) is 40.7 Å². The standard InChI is InChI=1S/C21H32N6/c1-13(21(3,4)5)9-27-11-16-17(12-27)20(16)22-19-8-7-18(23-24-19)15-10-26(6)25-14(15)2/h7-8,10,13,16-17,20H,9,11-12H2,1-6H3,(H,22,24)/t13?,16-,17+,20+. The number of likely N-dealkylation sites (tertiary alicyclic amines) is 1. The van der Waals surface area contributed by atoms with Crippen LogP contribution in [0.5, 0.6) is 0 Å². The molecule has 0 amide bonds. The number of hydrogen-bond donors (Lipinski definition) is 1. The summed E-state index contributed by atoms with van der Waals surface area (Å²) in [6, 6.07) is 4.64. The third-order valence-corrected chi connectivity index (χ3v) is 6.55. The molecule has 6 heteroatoms. The van der Waals surface area contributed by atoms with Crippen molar-refractivity contribution in [2.24, 2.45) is 30.2 Å². The molecule has 2 aromatic heterocycles. The number of nitrogens with zero attached hydrogens (tertiary/aromatic N) is 5. The molecule has 1 aliphatic carbocycles. The van der Waals surface area contributed by atoms with E-state index in [1.807, 2.05) is 37.0 Å². The van der Waals surface area contributed by atoms with Gasteiger partial charge in [-0.2, -0.15) is 5.10 Å². The molecule has 1 N–H and O–H groups in total. The largest absolute Gasteiger partial charge is 0.365 e. The Labute approximate surface area is 162 Å². The topological polar surface area (TPSA) is 58.9 Å². The Morgan fingerprint density at radius 1 is 1.19 bits per heavy atom. The predicted molar refractivity (Wildman–Crippen MR) is 108 cm³/mol. The van der Waals surface area contributed by atoms with Gasteiger partial charge in [-0.3, -0.25) is 4.68 Å².